The average molecular weight is 461 g/mol. The van der Waals surface area contributed by atoms with Crippen molar-refractivity contribution < 1.29 is 9.90 Å². The van der Waals surface area contributed by atoms with Crippen molar-refractivity contribution in [2.24, 2.45) is 5.10 Å². The Morgan fingerprint density at radius 2 is 1.73 bits per heavy atom. The van der Waals surface area contributed by atoms with Gasteiger partial charge in [-0.15, -0.1) is 0 Å². The summed E-state index contributed by atoms with van der Waals surface area (Å²) in [4.78, 5) is 12.4. The smallest absolute Gasteiger partial charge is 0.275 e. The second-order valence-electron chi connectivity index (χ2n) is 6.44. The number of amides is 1. The number of halogens is 1. The van der Waals surface area contributed by atoms with Crippen molar-refractivity contribution in [2.75, 3.05) is 0 Å². The van der Waals surface area contributed by atoms with Gasteiger partial charge >= 0.3 is 0 Å². The fourth-order valence-corrected chi connectivity index (χ4v) is 3.29. The first kappa shape index (κ1) is 19.6. The van der Waals surface area contributed by atoms with Crippen molar-refractivity contribution in [3.63, 3.8) is 0 Å². The van der Waals surface area contributed by atoms with Crippen LogP contribution in [0.2, 0.25) is 0 Å². The number of carbonyl (C=O) groups excluding carboxylic acids is 1. The molecule has 0 atom stereocenters. The molecule has 3 aromatic carbocycles. The Kier molecular flexibility index (Phi) is 5.72. The van der Waals surface area contributed by atoms with E-state index in [-0.39, 0.29) is 11.3 Å². The van der Waals surface area contributed by atoms with Crippen LogP contribution in [0.25, 0.3) is 16.9 Å². The number of nitrogens with one attached hydrogen (secondary N) is 1. The molecule has 0 radical (unpaired) electrons. The number of aromatic hydroxyl groups is 1. The molecular formula is C23H17BrN4O2. The van der Waals surface area contributed by atoms with Crippen LogP contribution < -0.4 is 5.43 Å². The Hall–Kier alpha value is -3.71. The lowest BCUT2D eigenvalue weighted by Gasteiger charge is -2.03. The second kappa shape index (κ2) is 8.75. The van der Waals surface area contributed by atoms with Crippen molar-refractivity contribution in [3.8, 4) is 22.7 Å². The third kappa shape index (κ3) is 4.31. The van der Waals surface area contributed by atoms with Gasteiger partial charge in [0.15, 0.2) is 0 Å². The average Bonchev–Trinajstić information content (AvgIpc) is 3.21. The number of phenolic OH excluding ortho intramolecular Hbond substituents is 1. The molecule has 0 spiro atoms. The lowest BCUT2D eigenvalue weighted by atomic mass is 10.1. The fraction of sp³-hybridized carbons (Fsp3) is 0. The molecule has 0 aliphatic carbocycles. The molecule has 6 nitrogen and oxygen atoms in total. The quantitative estimate of drug-likeness (QED) is 0.332. The number of hydrogen-bond acceptors (Lipinski definition) is 4. The summed E-state index contributed by atoms with van der Waals surface area (Å²) in [6, 6.07) is 24.1. The Labute approximate surface area is 181 Å². The summed E-state index contributed by atoms with van der Waals surface area (Å²) in [5.41, 5.74) is 5.91. The lowest BCUT2D eigenvalue weighted by molar-refractivity contribution is 0.0952. The van der Waals surface area contributed by atoms with Crippen LogP contribution in [-0.4, -0.2) is 27.0 Å². The summed E-state index contributed by atoms with van der Waals surface area (Å²) >= 11 is 3.29. The summed E-state index contributed by atoms with van der Waals surface area (Å²) in [6.45, 7) is 0. The van der Waals surface area contributed by atoms with E-state index in [0.29, 0.717) is 4.47 Å². The lowest BCUT2D eigenvalue weighted by Crippen LogP contribution is -2.17. The molecular weight excluding hydrogens is 444 g/mol. The van der Waals surface area contributed by atoms with Gasteiger partial charge in [-0.2, -0.15) is 10.2 Å². The first-order valence-electron chi connectivity index (χ1n) is 9.14. The maximum Gasteiger partial charge on any atom is 0.275 e. The number of hydrazone groups is 1. The van der Waals surface area contributed by atoms with Crippen molar-refractivity contribution >= 4 is 28.1 Å². The van der Waals surface area contributed by atoms with Gasteiger partial charge in [0.25, 0.3) is 5.91 Å². The van der Waals surface area contributed by atoms with Gasteiger partial charge in [0.05, 0.1) is 17.5 Å². The van der Waals surface area contributed by atoms with Gasteiger partial charge < -0.3 is 5.11 Å². The van der Waals surface area contributed by atoms with Gasteiger partial charge in [-0.3, -0.25) is 4.79 Å². The number of carbonyl (C=O) groups is 1. The molecule has 1 heterocycles. The van der Waals surface area contributed by atoms with Gasteiger partial charge in [0.2, 0.25) is 0 Å². The zero-order valence-electron chi connectivity index (χ0n) is 15.7. The summed E-state index contributed by atoms with van der Waals surface area (Å²) < 4.78 is 2.45. The van der Waals surface area contributed by atoms with Crippen LogP contribution in [0.4, 0.5) is 0 Å². The van der Waals surface area contributed by atoms with Crippen LogP contribution in [0.3, 0.4) is 0 Å². The Balaban J connectivity index is 1.63. The molecule has 1 aromatic heterocycles. The highest BCUT2D eigenvalue weighted by atomic mass is 79.9. The number of benzene rings is 3. The first-order valence-corrected chi connectivity index (χ1v) is 9.93. The van der Waals surface area contributed by atoms with E-state index in [4.69, 9.17) is 5.10 Å². The van der Waals surface area contributed by atoms with E-state index in [1.165, 1.54) is 12.1 Å². The highest BCUT2D eigenvalue weighted by Gasteiger charge is 2.13. The van der Waals surface area contributed by atoms with Crippen LogP contribution in [0.1, 0.15) is 15.9 Å². The third-order valence-electron chi connectivity index (χ3n) is 4.38. The molecule has 0 aliphatic heterocycles. The van der Waals surface area contributed by atoms with Crippen LogP contribution in [0.15, 0.2) is 94.6 Å². The predicted octanol–water partition coefficient (Wildman–Crippen LogP) is 4.77. The molecule has 0 fully saturated rings. The van der Waals surface area contributed by atoms with E-state index in [0.717, 1.165) is 22.5 Å². The summed E-state index contributed by atoms with van der Waals surface area (Å²) in [5, 5.41) is 18.7. The van der Waals surface area contributed by atoms with E-state index in [9.17, 15) is 9.90 Å². The third-order valence-corrected chi connectivity index (χ3v) is 4.88. The van der Waals surface area contributed by atoms with Crippen LogP contribution in [0.5, 0.6) is 5.75 Å². The monoisotopic (exact) mass is 460 g/mol. The van der Waals surface area contributed by atoms with Gasteiger partial charge in [0, 0.05) is 21.8 Å². The van der Waals surface area contributed by atoms with Crippen molar-refractivity contribution in [3.05, 3.63) is 101 Å². The molecule has 0 unspecified atom stereocenters. The highest BCUT2D eigenvalue weighted by Crippen LogP contribution is 2.23. The van der Waals surface area contributed by atoms with E-state index in [2.05, 4.69) is 26.5 Å². The highest BCUT2D eigenvalue weighted by molar-refractivity contribution is 9.10. The van der Waals surface area contributed by atoms with Crippen LogP contribution >= 0.6 is 15.9 Å². The van der Waals surface area contributed by atoms with Crippen LogP contribution in [-0.2, 0) is 0 Å². The zero-order chi connectivity index (χ0) is 20.9. The van der Waals surface area contributed by atoms with Crippen LogP contribution in [0, 0.1) is 0 Å². The van der Waals surface area contributed by atoms with E-state index < -0.39 is 5.91 Å². The maximum atomic E-state index is 12.4. The predicted molar refractivity (Wildman–Crippen MR) is 120 cm³/mol. The largest absolute Gasteiger partial charge is 0.507 e. The Morgan fingerprint density at radius 3 is 2.47 bits per heavy atom. The number of phenols is 1. The van der Waals surface area contributed by atoms with Crippen molar-refractivity contribution in [1.82, 2.24) is 15.2 Å². The molecule has 1 amide bonds. The fourth-order valence-electron chi connectivity index (χ4n) is 2.93. The summed E-state index contributed by atoms with van der Waals surface area (Å²) in [7, 11) is 0. The van der Waals surface area contributed by atoms with Gasteiger partial charge in [0.1, 0.15) is 11.4 Å². The van der Waals surface area contributed by atoms with Crippen molar-refractivity contribution in [2.45, 2.75) is 0 Å². The van der Waals surface area contributed by atoms with Gasteiger partial charge in [-0.25, -0.2) is 10.1 Å². The molecule has 0 bridgehead atoms. The standard InChI is InChI=1S/C23H17BrN4O2/c24-18-11-12-21(29)20(13-18)23(30)26-25-14-17-15-28(19-9-5-2-6-10-19)27-22(17)16-7-3-1-4-8-16/h1-15,29H,(H,26,30). The minimum absolute atomic E-state index is 0.118. The molecule has 7 heteroatoms. The molecule has 0 saturated carbocycles. The molecule has 4 aromatic rings. The molecule has 0 aliphatic rings. The molecule has 148 valence electrons. The number of aromatic nitrogens is 2. The Bertz CT molecular complexity index is 1200. The summed E-state index contributed by atoms with van der Waals surface area (Å²) in [5.74, 6) is -0.630. The van der Waals surface area contributed by atoms with Crippen molar-refractivity contribution in [1.29, 1.82) is 0 Å². The number of rotatable bonds is 5. The molecule has 4 rings (SSSR count). The number of nitrogens with zero attached hydrogens (tertiary/aromatic N) is 3. The number of para-hydroxylation sites is 1. The molecule has 0 saturated heterocycles. The molecule has 30 heavy (non-hydrogen) atoms. The SMILES string of the molecule is O=C(NN=Cc1cn(-c2ccccc2)nc1-c1ccccc1)c1cc(Br)ccc1O. The first-order chi connectivity index (χ1) is 14.6. The molecule has 2 N–H and O–H groups in total. The van der Waals surface area contributed by atoms with E-state index in [1.807, 2.05) is 66.9 Å². The topological polar surface area (TPSA) is 79.5 Å². The minimum Gasteiger partial charge on any atom is -0.507 e. The zero-order valence-corrected chi connectivity index (χ0v) is 17.3. The Morgan fingerprint density at radius 1 is 1.03 bits per heavy atom. The van der Waals surface area contributed by atoms with Gasteiger partial charge in [-0.05, 0) is 30.3 Å². The van der Waals surface area contributed by atoms with E-state index >= 15 is 0 Å². The van der Waals surface area contributed by atoms with E-state index in [1.54, 1.807) is 17.0 Å². The minimum atomic E-state index is -0.512. The normalized spacial score (nSPS) is 11.0. The number of hydrogen-bond donors (Lipinski definition) is 2. The maximum absolute atomic E-state index is 12.4. The second-order valence-corrected chi connectivity index (χ2v) is 7.36. The van der Waals surface area contributed by atoms with Gasteiger partial charge in [-0.1, -0.05) is 64.5 Å². The summed E-state index contributed by atoms with van der Waals surface area (Å²) in [6.07, 6.45) is 3.39.